The molecule has 0 radical (unpaired) electrons. The van der Waals surface area contributed by atoms with Gasteiger partial charge in [0.05, 0.1) is 0 Å². The van der Waals surface area contributed by atoms with E-state index in [1.54, 1.807) is 30.0 Å². The molecule has 1 aromatic carbocycles. The lowest BCUT2D eigenvalue weighted by atomic mass is 10.0. The fourth-order valence-corrected chi connectivity index (χ4v) is 2.94. The number of carbonyl (C=O) groups is 2. The van der Waals surface area contributed by atoms with E-state index < -0.39 is 0 Å². The molecule has 1 heterocycles. The van der Waals surface area contributed by atoms with E-state index in [2.05, 4.69) is 5.32 Å². The summed E-state index contributed by atoms with van der Waals surface area (Å²) in [6, 6.07) is 6.95. The highest BCUT2D eigenvalue weighted by Gasteiger charge is 2.26. The SMILES string of the molecule is CC(=O)CC1CCCCCN1C(=O)Nc1cccc(Cl)c1. The molecule has 1 aliphatic heterocycles. The fraction of sp³-hybridized carbons (Fsp3) is 0.500. The van der Waals surface area contributed by atoms with Gasteiger partial charge in [-0.1, -0.05) is 30.5 Å². The maximum Gasteiger partial charge on any atom is 0.322 e. The van der Waals surface area contributed by atoms with Gasteiger partial charge < -0.3 is 10.2 Å². The molecule has 0 spiro atoms. The van der Waals surface area contributed by atoms with Gasteiger partial charge in [-0.05, 0) is 38.0 Å². The van der Waals surface area contributed by atoms with Crippen molar-refractivity contribution in [2.24, 2.45) is 0 Å². The van der Waals surface area contributed by atoms with Crippen molar-refractivity contribution in [3.63, 3.8) is 0 Å². The first-order valence-electron chi connectivity index (χ1n) is 7.39. The van der Waals surface area contributed by atoms with Gasteiger partial charge in [-0.15, -0.1) is 0 Å². The summed E-state index contributed by atoms with van der Waals surface area (Å²) in [5.74, 6) is 0.127. The van der Waals surface area contributed by atoms with Gasteiger partial charge in [0.25, 0.3) is 0 Å². The monoisotopic (exact) mass is 308 g/mol. The predicted octanol–water partition coefficient (Wildman–Crippen LogP) is 4.10. The summed E-state index contributed by atoms with van der Waals surface area (Å²) in [7, 11) is 0. The Bertz CT molecular complexity index is 519. The highest BCUT2D eigenvalue weighted by molar-refractivity contribution is 6.30. The lowest BCUT2D eigenvalue weighted by molar-refractivity contribution is -0.117. The van der Waals surface area contributed by atoms with E-state index in [4.69, 9.17) is 11.6 Å². The average Bonchev–Trinajstić information content (AvgIpc) is 2.63. The van der Waals surface area contributed by atoms with Gasteiger partial charge in [0.15, 0.2) is 0 Å². The van der Waals surface area contributed by atoms with Crippen molar-refractivity contribution in [1.82, 2.24) is 4.90 Å². The first-order chi connectivity index (χ1) is 10.1. The normalized spacial score (nSPS) is 19.0. The molecule has 1 aromatic rings. The van der Waals surface area contributed by atoms with Gasteiger partial charge in [0, 0.05) is 29.7 Å². The number of carbonyl (C=O) groups excluding carboxylic acids is 2. The number of rotatable bonds is 3. The zero-order valence-electron chi connectivity index (χ0n) is 12.3. The molecule has 4 nitrogen and oxygen atoms in total. The van der Waals surface area contributed by atoms with E-state index >= 15 is 0 Å². The fourth-order valence-electron chi connectivity index (χ4n) is 2.75. The molecule has 1 aliphatic rings. The molecule has 2 amide bonds. The van der Waals surface area contributed by atoms with E-state index in [9.17, 15) is 9.59 Å². The van der Waals surface area contributed by atoms with Gasteiger partial charge in [-0.3, -0.25) is 4.79 Å². The standard InChI is InChI=1S/C16H21ClN2O2/c1-12(20)10-15-8-3-2-4-9-19(15)16(21)18-14-7-5-6-13(17)11-14/h5-7,11,15H,2-4,8-10H2,1H3,(H,18,21). The van der Waals surface area contributed by atoms with Crippen LogP contribution in [0.5, 0.6) is 0 Å². The number of anilines is 1. The highest BCUT2D eigenvalue weighted by Crippen LogP contribution is 2.22. The second-order valence-corrected chi connectivity index (χ2v) is 5.98. The number of halogens is 1. The Morgan fingerprint density at radius 2 is 2.14 bits per heavy atom. The maximum atomic E-state index is 12.5. The number of likely N-dealkylation sites (tertiary alicyclic amines) is 1. The van der Waals surface area contributed by atoms with E-state index in [-0.39, 0.29) is 17.9 Å². The summed E-state index contributed by atoms with van der Waals surface area (Å²) >= 11 is 5.93. The number of ketones is 1. The molecule has 5 heteroatoms. The minimum atomic E-state index is -0.148. The second kappa shape index (κ2) is 7.46. The van der Waals surface area contributed by atoms with Crippen molar-refractivity contribution in [2.45, 2.75) is 45.1 Å². The number of nitrogens with one attached hydrogen (secondary N) is 1. The summed E-state index contributed by atoms with van der Waals surface area (Å²) in [6.07, 6.45) is 4.48. The second-order valence-electron chi connectivity index (χ2n) is 5.54. The number of urea groups is 1. The first kappa shape index (κ1) is 15.8. The van der Waals surface area contributed by atoms with Crippen molar-refractivity contribution in [3.8, 4) is 0 Å². The van der Waals surface area contributed by atoms with Crippen LogP contribution in [0, 0.1) is 0 Å². The highest BCUT2D eigenvalue weighted by atomic mass is 35.5. The molecule has 114 valence electrons. The van der Waals surface area contributed by atoms with Crippen LogP contribution < -0.4 is 5.32 Å². The quantitative estimate of drug-likeness (QED) is 0.914. The predicted molar refractivity (Wildman–Crippen MR) is 84.7 cm³/mol. The summed E-state index contributed by atoms with van der Waals surface area (Å²) in [6.45, 7) is 2.28. The van der Waals surface area contributed by atoms with E-state index in [1.807, 2.05) is 6.07 Å². The van der Waals surface area contributed by atoms with Crippen molar-refractivity contribution < 1.29 is 9.59 Å². The molecule has 1 saturated heterocycles. The minimum Gasteiger partial charge on any atom is -0.321 e. The van der Waals surface area contributed by atoms with Crippen molar-refractivity contribution in [1.29, 1.82) is 0 Å². The van der Waals surface area contributed by atoms with Gasteiger partial charge in [0.1, 0.15) is 5.78 Å². The van der Waals surface area contributed by atoms with Gasteiger partial charge in [-0.2, -0.15) is 0 Å². The van der Waals surface area contributed by atoms with Crippen LogP contribution in [0.15, 0.2) is 24.3 Å². The molecular formula is C16H21ClN2O2. The molecule has 0 aromatic heterocycles. The average molecular weight is 309 g/mol. The Kier molecular flexibility index (Phi) is 5.62. The van der Waals surface area contributed by atoms with Crippen molar-refractivity contribution in [2.75, 3.05) is 11.9 Å². The third kappa shape index (κ3) is 4.74. The molecule has 1 atom stereocenters. The van der Waals surface area contributed by atoms with Crippen molar-refractivity contribution >= 4 is 29.1 Å². The van der Waals surface area contributed by atoms with E-state index in [1.165, 1.54) is 0 Å². The number of hydrogen-bond acceptors (Lipinski definition) is 2. The molecule has 0 bridgehead atoms. The molecule has 2 rings (SSSR count). The Labute approximate surface area is 130 Å². The van der Waals surface area contributed by atoms with Crippen LogP contribution in [0.25, 0.3) is 0 Å². The largest absolute Gasteiger partial charge is 0.322 e. The Balaban J connectivity index is 2.08. The summed E-state index contributed by atoms with van der Waals surface area (Å²) < 4.78 is 0. The van der Waals surface area contributed by atoms with Crippen LogP contribution in [0.4, 0.5) is 10.5 Å². The zero-order chi connectivity index (χ0) is 15.2. The van der Waals surface area contributed by atoms with Gasteiger partial charge in [0.2, 0.25) is 0 Å². The lowest BCUT2D eigenvalue weighted by Gasteiger charge is -2.29. The molecule has 0 aliphatic carbocycles. The maximum absolute atomic E-state index is 12.5. The Morgan fingerprint density at radius 1 is 1.33 bits per heavy atom. The molecule has 21 heavy (non-hydrogen) atoms. The van der Waals surface area contributed by atoms with E-state index in [0.717, 1.165) is 25.7 Å². The number of hydrogen-bond donors (Lipinski definition) is 1. The van der Waals surface area contributed by atoms with Crippen molar-refractivity contribution in [3.05, 3.63) is 29.3 Å². The van der Waals surface area contributed by atoms with Crippen LogP contribution in [0.3, 0.4) is 0 Å². The summed E-state index contributed by atoms with van der Waals surface area (Å²) in [5.41, 5.74) is 0.679. The molecule has 1 fully saturated rings. The summed E-state index contributed by atoms with van der Waals surface area (Å²) in [5, 5.41) is 3.46. The van der Waals surface area contributed by atoms with Gasteiger partial charge >= 0.3 is 6.03 Å². The Hall–Kier alpha value is -1.55. The van der Waals surface area contributed by atoms with Crippen LogP contribution in [0.1, 0.15) is 39.0 Å². The van der Waals surface area contributed by atoms with Gasteiger partial charge in [-0.25, -0.2) is 4.79 Å². The molecule has 0 saturated carbocycles. The third-order valence-electron chi connectivity index (χ3n) is 3.74. The number of amides is 2. The van der Waals surface area contributed by atoms with E-state index in [0.29, 0.717) is 23.7 Å². The number of Topliss-reactive ketones (excluding diaryl/α,β-unsaturated/α-hetero) is 1. The molecule has 1 unspecified atom stereocenters. The zero-order valence-corrected chi connectivity index (χ0v) is 13.0. The van der Waals surface area contributed by atoms with Crippen LogP contribution in [0.2, 0.25) is 5.02 Å². The van der Waals surface area contributed by atoms with Crippen LogP contribution in [-0.2, 0) is 4.79 Å². The smallest absolute Gasteiger partial charge is 0.321 e. The minimum absolute atomic E-state index is 0.00387. The molecule has 1 N–H and O–H groups in total. The lowest BCUT2D eigenvalue weighted by Crippen LogP contribution is -2.43. The topological polar surface area (TPSA) is 49.4 Å². The number of benzene rings is 1. The Morgan fingerprint density at radius 3 is 2.86 bits per heavy atom. The first-order valence-corrected chi connectivity index (χ1v) is 7.76. The van der Waals surface area contributed by atoms with Crippen LogP contribution in [-0.4, -0.2) is 29.3 Å². The van der Waals surface area contributed by atoms with Crippen LogP contribution >= 0.6 is 11.6 Å². The number of nitrogens with zero attached hydrogens (tertiary/aromatic N) is 1. The third-order valence-corrected chi connectivity index (χ3v) is 3.97. The summed E-state index contributed by atoms with van der Waals surface area (Å²) in [4.78, 5) is 25.7. The molecular weight excluding hydrogens is 288 g/mol.